The van der Waals surface area contributed by atoms with Crippen molar-refractivity contribution < 1.29 is 17.6 Å². The molecule has 1 aromatic heterocycles. The zero-order valence-electron chi connectivity index (χ0n) is 10.7. The van der Waals surface area contributed by atoms with Gasteiger partial charge < -0.3 is 5.73 Å². The second-order valence-corrected chi connectivity index (χ2v) is 5.24. The number of nitrogens with zero attached hydrogens (tertiary/aromatic N) is 2. The van der Waals surface area contributed by atoms with Gasteiger partial charge in [0, 0.05) is 43.6 Å². The van der Waals surface area contributed by atoms with Crippen LogP contribution < -0.4 is 5.73 Å². The maximum Gasteiger partial charge on any atom is 0.282 e. The van der Waals surface area contributed by atoms with Crippen LogP contribution in [0.2, 0.25) is 0 Å². The van der Waals surface area contributed by atoms with E-state index in [1.807, 2.05) is 0 Å². The molecule has 2 rings (SSSR count). The zero-order chi connectivity index (χ0) is 14.3. The van der Waals surface area contributed by atoms with Crippen molar-refractivity contribution in [2.45, 2.75) is 43.4 Å². The van der Waals surface area contributed by atoms with Crippen LogP contribution in [0.25, 0.3) is 0 Å². The lowest BCUT2D eigenvalue weighted by Crippen LogP contribution is -2.42. The van der Waals surface area contributed by atoms with Crippen molar-refractivity contribution in [2.24, 2.45) is 12.8 Å². The van der Waals surface area contributed by atoms with Gasteiger partial charge in [0.05, 0.1) is 0 Å². The number of aromatic nitrogens is 2. The van der Waals surface area contributed by atoms with E-state index in [0.29, 0.717) is 5.56 Å². The average molecular weight is 279 g/mol. The van der Waals surface area contributed by atoms with Gasteiger partial charge in [0.25, 0.3) is 6.43 Å². The van der Waals surface area contributed by atoms with E-state index in [0.717, 1.165) is 0 Å². The number of halogens is 4. The Morgan fingerprint density at radius 3 is 2.37 bits per heavy atom. The van der Waals surface area contributed by atoms with Crippen molar-refractivity contribution in [2.75, 3.05) is 6.54 Å². The predicted octanol–water partition coefficient (Wildman–Crippen LogP) is 2.76. The predicted molar refractivity (Wildman–Crippen MR) is 62.3 cm³/mol. The van der Waals surface area contributed by atoms with Gasteiger partial charge in [-0.25, -0.2) is 17.6 Å². The molecule has 0 saturated heterocycles. The van der Waals surface area contributed by atoms with Crippen LogP contribution in [-0.4, -0.2) is 22.2 Å². The van der Waals surface area contributed by atoms with E-state index < -0.39 is 17.8 Å². The zero-order valence-corrected chi connectivity index (χ0v) is 10.7. The van der Waals surface area contributed by atoms with E-state index in [-0.39, 0.29) is 37.9 Å². The Morgan fingerprint density at radius 2 is 1.89 bits per heavy atom. The molecule has 0 amide bonds. The number of alkyl halides is 4. The first kappa shape index (κ1) is 14.3. The Morgan fingerprint density at radius 1 is 1.32 bits per heavy atom. The summed E-state index contributed by atoms with van der Waals surface area (Å²) in [4.78, 5) is 0. The normalized spacial score (nSPS) is 21.8. The van der Waals surface area contributed by atoms with Crippen LogP contribution in [0, 0.1) is 0 Å². The molecular formula is C12H17F4N3. The number of hydrogen-bond donors (Lipinski definition) is 1. The summed E-state index contributed by atoms with van der Waals surface area (Å²) in [5.41, 5.74) is 4.89. The fourth-order valence-electron chi connectivity index (χ4n) is 2.75. The van der Waals surface area contributed by atoms with E-state index in [2.05, 4.69) is 5.10 Å². The molecule has 2 N–H and O–H groups in total. The van der Waals surface area contributed by atoms with Crippen molar-refractivity contribution in [3.63, 3.8) is 0 Å². The lowest BCUT2D eigenvalue weighted by atomic mass is 9.68. The van der Waals surface area contributed by atoms with Gasteiger partial charge in [0.1, 0.15) is 5.69 Å². The van der Waals surface area contributed by atoms with E-state index in [9.17, 15) is 17.6 Å². The Balaban J connectivity index is 2.37. The highest BCUT2D eigenvalue weighted by molar-refractivity contribution is 5.30. The molecule has 0 aliphatic heterocycles. The van der Waals surface area contributed by atoms with Gasteiger partial charge in [-0.05, 0) is 12.8 Å². The van der Waals surface area contributed by atoms with E-state index in [4.69, 9.17) is 5.73 Å². The van der Waals surface area contributed by atoms with Gasteiger partial charge in [-0.15, -0.1) is 0 Å². The highest BCUT2D eigenvalue weighted by Gasteiger charge is 2.45. The minimum Gasteiger partial charge on any atom is -0.330 e. The molecule has 0 radical (unpaired) electrons. The molecule has 1 aliphatic rings. The second kappa shape index (κ2) is 4.77. The first-order chi connectivity index (χ1) is 8.80. The third-order valence-corrected chi connectivity index (χ3v) is 3.96. The molecule has 7 heteroatoms. The van der Waals surface area contributed by atoms with Crippen molar-refractivity contribution in [1.29, 1.82) is 0 Å². The summed E-state index contributed by atoms with van der Waals surface area (Å²) in [6.07, 6.45) is -1.65. The fraction of sp³-hybridized carbons (Fsp3) is 0.750. The van der Waals surface area contributed by atoms with Crippen LogP contribution in [0.15, 0.2) is 6.20 Å². The van der Waals surface area contributed by atoms with Crippen molar-refractivity contribution in [1.82, 2.24) is 9.78 Å². The highest BCUT2D eigenvalue weighted by Crippen LogP contribution is 2.46. The van der Waals surface area contributed by atoms with Crippen molar-refractivity contribution >= 4 is 0 Å². The van der Waals surface area contributed by atoms with Crippen LogP contribution in [0.1, 0.15) is 43.4 Å². The summed E-state index contributed by atoms with van der Waals surface area (Å²) < 4.78 is 53.8. The summed E-state index contributed by atoms with van der Waals surface area (Å²) >= 11 is 0. The van der Waals surface area contributed by atoms with E-state index >= 15 is 0 Å². The highest BCUT2D eigenvalue weighted by atomic mass is 19.3. The summed E-state index contributed by atoms with van der Waals surface area (Å²) in [7, 11) is 1.54. The van der Waals surface area contributed by atoms with Gasteiger partial charge in [0.15, 0.2) is 0 Å². The number of aryl methyl sites for hydroxylation is 1. The van der Waals surface area contributed by atoms with Crippen LogP contribution in [0.5, 0.6) is 0 Å². The maximum absolute atomic E-state index is 13.3. The van der Waals surface area contributed by atoms with Crippen LogP contribution in [0.3, 0.4) is 0 Å². The molecular weight excluding hydrogens is 262 g/mol. The summed E-state index contributed by atoms with van der Waals surface area (Å²) in [6, 6.07) is 0. The minimum atomic E-state index is -2.72. The molecule has 3 nitrogen and oxygen atoms in total. The molecule has 19 heavy (non-hydrogen) atoms. The SMILES string of the molecule is Cn1cc(C2(CN)CCC(F)(F)CC2)c(C(F)F)n1. The smallest absolute Gasteiger partial charge is 0.282 e. The van der Waals surface area contributed by atoms with Gasteiger partial charge in [-0.2, -0.15) is 5.10 Å². The molecule has 0 atom stereocenters. The molecule has 0 unspecified atom stereocenters. The second-order valence-electron chi connectivity index (χ2n) is 5.24. The van der Waals surface area contributed by atoms with Crippen molar-refractivity contribution in [3.8, 4) is 0 Å². The lowest BCUT2D eigenvalue weighted by molar-refractivity contribution is -0.0512. The third-order valence-electron chi connectivity index (χ3n) is 3.96. The van der Waals surface area contributed by atoms with Gasteiger partial charge in [-0.1, -0.05) is 0 Å². The van der Waals surface area contributed by atoms with E-state index in [1.165, 1.54) is 17.9 Å². The first-order valence-electron chi connectivity index (χ1n) is 6.20. The standard InChI is InChI=1S/C12H17F4N3/c1-19-6-8(9(18-19)10(13)14)11(7-17)2-4-12(15,16)5-3-11/h6,10H,2-5,7,17H2,1H3. The summed E-state index contributed by atoms with van der Waals surface area (Å²) in [5.74, 6) is -2.72. The minimum absolute atomic E-state index is 0.0779. The van der Waals surface area contributed by atoms with Crippen molar-refractivity contribution in [3.05, 3.63) is 17.5 Å². The molecule has 1 heterocycles. The lowest BCUT2D eigenvalue weighted by Gasteiger charge is -2.39. The molecule has 1 fully saturated rings. The van der Waals surface area contributed by atoms with E-state index in [1.54, 1.807) is 0 Å². The molecule has 1 aromatic rings. The largest absolute Gasteiger partial charge is 0.330 e. The number of rotatable bonds is 3. The van der Waals surface area contributed by atoms with Crippen LogP contribution in [-0.2, 0) is 12.5 Å². The molecule has 0 aromatic carbocycles. The maximum atomic E-state index is 13.3. The topological polar surface area (TPSA) is 43.8 Å². The Labute approximate surface area is 108 Å². The summed E-state index contributed by atoms with van der Waals surface area (Å²) in [5, 5.41) is 3.74. The Kier molecular flexibility index (Phi) is 3.59. The monoisotopic (exact) mass is 279 g/mol. The average Bonchev–Trinajstić information content (AvgIpc) is 2.73. The quantitative estimate of drug-likeness (QED) is 0.865. The third kappa shape index (κ3) is 2.61. The van der Waals surface area contributed by atoms with Crippen LogP contribution >= 0.6 is 0 Å². The van der Waals surface area contributed by atoms with Gasteiger partial charge >= 0.3 is 0 Å². The molecule has 108 valence electrons. The molecule has 1 aliphatic carbocycles. The number of hydrogen-bond acceptors (Lipinski definition) is 2. The molecule has 0 bridgehead atoms. The van der Waals surface area contributed by atoms with Crippen LogP contribution in [0.4, 0.5) is 17.6 Å². The van der Waals surface area contributed by atoms with Gasteiger partial charge in [-0.3, -0.25) is 4.68 Å². The fourth-order valence-corrected chi connectivity index (χ4v) is 2.75. The first-order valence-corrected chi connectivity index (χ1v) is 6.20. The summed E-state index contributed by atoms with van der Waals surface area (Å²) in [6.45, 7) is 0.0779. The molecule has 1 saturated carbocycles. The Bertz CT molecular complexity index is 446. The molecule has 0 spiro atoms. The Hall–Kier alpha value is -1.11. The number of nitrogens with two attached hydrogens (primary N) is 1. The van der Waals surface area contributed by atoms with Gasteiger partial charge in [0.2, 0.25) is 5.92 Å².